The largest absolute Gasteiger partial charge is 0.480 e. The van der Waals surface area contributed by atoms with Crippen LogP contribution in [0.25, 0.3) is 0 Å². The molecule has 0 spiro atoms. The molecule has 0 aliphatic rings. The Morgan fingerprint density at radius 3 is 2.65 bits per heavy atom. The molecular weight excluding hydrogens is 228 g/mol. The minimum atomic E-state index is -1.24. The van der Waals surface area contributed by atoms with Crippen LogP contribution in [0.2, 0.25) is 0 Å². The minimum absolute atomic E-state index is 0.0262. The lowest BCUT2D eigenvalue weighted by Crippen LogP contribution is -2.42. The first-order valence-electron chi connectivity index (χ1n) is 4.88. The lowest BCUT2D eigenvalue weighted by atomic mass is 10.2. The summed E-state index contributed by atoms with van der Waals surface area (Å²) >= 11 is 0. The van der Waals surface area contributed by atoms with E-state index in [1.54, 1.807) is 0 Å². The Kier molecular flexibility index (Phi) is 4.41. The van der Waals surface area contributed by atoms with Crippen molar-refractivity contribution in [1.82, 2.24) is 10.3 Å². The van der Waals surface area contributed by atoms with E-state index in [0.717, 1.165) is 0 Å². The number of carbonyl (C=O) groups is 2. The van der Waals surface area contributed by atoms with Gasteiger partial charge in [0.1, 0.15) is 11.7 Å². The Morgan fingerprint density at radius 2 is 2.12 bits per heavy atom. The molecule has 1 aromatic heterocycles. The molecular formula is C10H12N2O5. The maximum atomic E-state index is 11.6. The number of aliphatic hydroxyl groups is 1. The van der Waals surface area contributed by atoms with E-state index < -0.39 is 23.5 Å². The molecule has 1 amide bonds. The van der Waals surface area contributed by atoms with Crippen molar-refractivity contribution < 1.29 is 19.8 Å². The first kappa shape index (κ1) is 12.9. The van der Waals surface area contributed by atoms with Gasteiger partial charge in [0.25, 0.3) is 5.91 Å². The zero-order valence-corrected chi connectivity index (χ0v) is 8.84. The summed E-state index contributed by atoms with van der Waals surface area (Å²) in [5, 5.41) is 19.6. The van der Waals surface area contributed by atoms with Gasteiger partial charge in [0.15, 0.2) is 0 Å². The van der Waals surface area contributed by atoms with Crippen LogP contribution in [0, 0.1) is 0 Å². The number of rotatable bonds is 5. The number of carbonyl (C=O) groups excluding carboxylic acids is 1. The number of pyridine rings is 1. The van der Waals surface area contributed by atoms with Crippen molar-refractivity contribution in [2.75, 3.05) is 6.61 Å². The molecule has 17 heavy (non-hydrogen) atoms. The summed E-state index contributed by atoms with van der Waals surface area (Å²) in [6.45, 7) is -0.359. The van der Waals surface area contributed by atoms with E-state index in [4.69, 9.17) is 10.2 Å². The summed E-state index contributed by atoms with van der Waals surface area (Å²) in [6, 6.07) is 2.79. The number of aromatic nitrogens is 1. The van der Waals surface area contributed by atoms with E-state index in [1.807, 2.05) is 0 Å². The van der Waals surface area contributed by atoms with E-state index in [1.165, 1.54) is 18.2 Å². The molecule has 0 aromatic carbocycles. The fraction of sp³-hybridized carbons (Fsp3) is 0.300. The van der Waals surface area contributed by atoms with Gasteiger partial charge in [-0.25, -0.2) is 4.79 Å². The minimum Gasteiger partial charge on any atom is -0.480 e. The van der Waals surface area contributed by atoms with Crippen LogP contribution in [0.5, 0.6) is 0 Å². The predicted octanol–water partition coefficient (Wildman–Crippen LogP) is -1.06. The number of aliphatic hydroxyl groups excluding tert-OH is 1. The molecule has 1 rings (SSSR count). The number of aliphatic carboxylic acids is 1. The number of aromatic amines is 1. The van der Waals surface area contributed by atoms with E-state index in [9.17, 15) is 14.4 Å². The summed E-state index contributed by atoms with van der Waals surface area (Å²) < 4.78 is 0. The highest BCUT2D eigenvalue weighted by atomic mass is 16.4. The molecule has 1 heterocycles. The summed E-state index contributed by atoms with van der Waals surface area (Å²) in [4.78, 5) is 35.5. The molecule has 0 aliphatic carbocycles. The molecule has 4 N–H and O–H groups in total. The lowest BCUT2D eigenvalue weighted by Gasteiger charge is -2.12. The van der Waals surface area contributed by atoms with Gasteiger partial charge < -0.3 is 20.5 Å². The third kappa shape index (κ3) is 3.72. The van der Waals surface area contributed by atoms with Gasteiger partial charge in [-0.05, 0) is 6.07 Å². The van der Waals surface area contributed by atoms with Crippen molar-refractivity contribution in [2.45, 2.75) is 12.5 Å². The predicted molar refractivity (Wildman–Crippen MR) is 57.7 cm³/mol. The van der Waals surface area contributed by atoms with Gasteiger partial charge in [0.05, 0.1) is 0 Å². The molecule has 0 saturated heterocycles. The molecule has 0 bridgehead atoms. The molecule has 92 valence electrons. The number of hydrogen-bond acceptors (Lipinski definition) is 4. The van der Waals surface area contributed by atoms with Crippen molar-refractivity contribution in [1.29, 1.82) is 0 Å². The molecule has 0 aliphatic heterocycles. The number of carboxylic acid groups (broad SMARTS) is 1. The average Bonchev–Trinajstić information content (AvgIpc) is 2.28. The van der Waals surface area contributed by atoms with Crippen molar-refractivity contribution in [3.05, 3.63) is 34.2 Å². The van der Waals surface area contributed by atoms with Crippen molar-refractivity contribution in [3.63, 3.8) is 0 Å². The number of carboxylic acids is 1. The molecule has 7 heteroatoms. The van der Waals surface area contributed by atoms with Crippen LogP contribution in [0.1, 0.15) is 16.9 Å². The molecule has 0 fully saturated rings. The van der Waals surface area contributed by atoms with Crippen LogP contribution in [0.15, 0.2) is 23.0 Å². The highest BCUT2D eigenvalue weighted by Crippen LogP contribution is 1.96. The van der Waals surface area contributed by atoms with Crippen molar-refractivity contribution in [3.8, 4) is 0 Å². The Bertz CT molecular complexity index is 468. The normalized spacial score (nSPS) is 11.8. The quantitative estimate of drug-likeness (QED) is 0.523. The van der Waals surface area contributed by atoms with Gasteiger partial charge in [-0.15, -0.1) is 0 Å². The van der Waals surface area contributed by atoms with Gasteiger partial charge in [0, 0.05) is 19.1 Å². The van der Waals surface area contributed by atoms with Crippen LogP contribution in [-0.2, 0) is 4.79 Å². The standard InChI is InChI=1S/C10H12N2O5/c13-5-4-7(10(16)17)12-9(15)6-2-1-3-8(14)11-6/h1-3,7,13H,4-5H2,(H,11,14)(H,12,15)(H,16,17)/t7-/m1/s1. The highest BCUT2D eigenvalue weighted by Gasteiger charge is 2.20. The Morgan fingerprint density at radius 1 is 1.41 bits per heavy atom. The van der Waals surface area contributed by atoms with Crippen LogP contribution in [0.4, 0.5) is 0 Å². The molecule has 1 aromatic rings. The first-order valence-corrected chi connectivity index (χ1v) is 4.88. The van der Waals surface area contributed by atoms with E-state index in [-0.39, 0.29) is 18.7 Å². The second-order valence-corrected chi connectivity index (χ2v) is 3.31. The smallest absolute Gasteiger partial charge is 0.326 e. The SMILES string of the molecule is O=C(N[C@H](CCO)C(=O)O)c1cccc(=O)[nH]1. The Labute approximate surface area is 96.1 Å². The maximum Gasteiger partial charge on any atom is 0.326 e. The fourth-order valence-corrected chi connectivity index (χ4v) is 1.20. The van der Waals surface area contributed by atoms with Gasteiger partial charge >= 0.3 is 5.97 Å². The first-order chi connectivity index (χ1) is 8.04. The molecule has 7 nitrogen and oxygen atoms in total. The molecule has 0 unspecified atom stereocenters. The van der Waals surface area contributed by atoms with Crippen LogP contribution in [-0.4, -0.2) is 39.7 Å². The second kappa shape index (κ2) is 5.80. The number of amides is 1. The van der Waals surface area contributed by atoms with E-state index in [2.05, 4.69) is 10.3 Å². The van der Waals surface area contributed by atoms with E-state index in [0.29, 0.717) is 0 Å². The van der Waals surface area contributed by atoms with Crippen LogP contribution >= 0.6 is 0 Å². The highest BCUT2D eigenvalue weighted by molar-refractivity contribution is 5.94. The number of hydrogen-bond donors (Lipinski definition) is 4. The van der Waals surface area contributed by atoms with Crippen LogP contribution < -0.4 is 10.9 Å². The third-order valence-corrected chi connectivity index (χ3v) is 2.03. The van der Waals surface area contributed by atoms with Crippen molar-refractivity contribution in [2.24, 2.45) is 0 Å². The van der Waals surface area contributed by atoms with Gasteiger partial charge in [0.2, 0.25) is 5.56 Å². The topological polar surface area (TPSA) is 119 Å². The number of nitrogens with one attached hydrogen (secondary N) is 2. The summed E-state index contributed by atoms with van der Waals surface area (Å²) in [5.41, 5.74) is -0.478. The van der Waals surface area contributed by atoms with Gasteiger partial charge in [-0.2, -0.15) is 0 Å². The van der Waals surface area contributed by atoms with Gasteiger partial charge in [-0.3, -0.25) is 9.59 Å². The zero-order valence-electron chi connectivity index (χ0n) is 8.84. The lowest BCUT2D eigenvalue weighted by molar-refractivity contribution is -0.139. The molecule has 1 atom stereocenters. The second-order valence-electron chi connectivity index (χ2n) is 3.31. The fourth-order valence-electron chi connectivity index (χ4n) is 1.20. The third-order valence-electron chi connectivity index (χ3n) is 2.03. The summed E-state index contributed by atoms with van der Waals surface area (Å²) in [6.07, 6.45) is -0.0991. The molecule has 0 saturated carbocycles. The van der Waals surface area contributed by atoms with Gasteiger partial charge in [-0.1, -0.05) is 6.07 Å². The van der Waals surface area contributed by atoms with Crippen molar-refractivity contribution >= 4 is 11.9 Å². The van der Waals surface area contributed by atoms with E-state index >= 15 is 0 Å². The Hall–Kier alpha value is -2.15. The Balaban J connectivity index is 2.77. The summed E-state index contributed by atoms with van der Waals surface area (Å²) in [7, 11) is 0. The molecule has 0 radical (unpaired) electrons. The van der Waals surface area contributed by atoms with Crippen LogP contribution in [0.3, 0.4) is 0 Å². The zero-order chi connectivity index (χ0) is 12.8. The maximum absolute atomic E-state index is 11.6. The summed E-state index contributed by atoms with van der Waals surface area (Å²) in [5.74, 6) is -1.95. The average molecular weight is 240 g/mol. The number of H-pyrrole nitrogens is 1. The monoisotopic (exact) mass is 240 g/mol.